The van der Waals surface area contributed by atoms with Gasteiger partial charge in [-0.05, 0) is 54.7 Å². The number of nitrogens with one attached hydrogen (secondary N) is 1. The van der Waals surface area contributed by atoms with Crippen molar-refractivity contribution in [3.8, 4) is 0 Å². The number of carboxylic acids is 1. The summed E-state index contributed by atoms with van der Waals surface area (Å²) in [6.07, 6.45) is 1.48. The van der Waals surface area contributed by atoms with Gasteiger partial charge < -0.3 is 15.3 Å². The highest BCUT2D eigenvalue weighted by Crippen LogP contribution is 2.19. The Bertz CT molecular complexity index is 905. The van der Waals surface area contributed by atoms with Crippen LogP contribution in [0.25, 0.3) is 0 Å². The summed E-state index contributed by atoms with van der Waals surface area (Å²) in [7, 11) is 0. The van der Waals surface area contributed by atoms with Crippen molar-refractivity contribution in [2.75, 3.05) is 6.54 Å². The number of likely N-dealkylation sites (tertiary alicyclic amines) is 1. The normalized spacial score (nSPS) is 14.8. The summed E-state index contributed by atoms with van der Waals surface area (Å²) in [5, 5.41) is 12.2. The zero-order chi connectivity index (χ0) is 20.3. The van der Waals surface area contributed by atoms with Crippen molar-refractivity contribution in [3.63, 3.8) is 0 Å². The Balaban J connectivity index is 1.70. The van der Waals surface area contributed by atoms with E-state index in [1.165, 1.54) is 0 Å². The van der Waals surface area contributed by atoms with Crippen molar-refractivity contribution in [1.82, 2.24) is 10.2 Å². The van der Waals surface area contributed by atoms with E-state index in [2.05, 4.69) is 5.32 Å². The maximum Gasteiger partial charge on any atom is 0.330 e. The van der Waals surface area contributed by atoms with Crippen LogP contribution in [-0.2, 0) is 16.1 Å². The monoisotopic (exact) mass is 380 g/mol. The first kappa shape index (κ1) is 19.6. The first-order valence-corrected chi connectivity index (χ1v) is 9.32. The number of nitrogens with zero attached hydrogens (tertiary/aromatic N) is 1. The molecule has 1 atom stereocenters. The molecule has 6 nitrogen and oxygen atoms in total. The SMILES string of the molecule is Cc1ccc(C(NC(=O)c2ccc(CN3CCCC3=O)cc2)C(=O)O)cc1C. The molecule has 0 saturated carbocycles. The fourth-order valence-electron chi connectivity index (χ4n) is 3.30. The number of rotatable bonds is 6. The molecule has 1 heterocycles. The molecular weight excluding hydrogens is 356 g/mol. The summed E-state index contributed by atoms with van der Waals surface area (Å²) in [5.41, 5.74) is 3.89. The van der Waals surface area contributed by atoms with Gasteiger partial charge in [-0.3, -0.25) is 9.59 Å². The van der Waals surface area contributed by atoms with Crippen molar-refractivity contribution in [2.45, 2.75) is 39.3 Å². The van der Waals surface area contributed by atoms with Crippen LogP contribution in [0.3, 0.4) is 0 Å². The second kappa shape index (κ2) is 8.25. The number of hydrogen-bond donors (Lipinski definition) is 2. The lowest BCUT2D eigenvalue weighted by atomic mass is 10.0. The predicted octanol–water partition coefficient (Wildman–Crippen LogP) is 2.98. The third-order valence-corrected chi connectivity index (χ3v) is 5.15. The fraction of sp³-hybridized carbons (Fsp3) is 0.318. The topological polar surface area (TPSA) is 86.7 Å². The van der Waals surface area contributed by atoms with E-state index >= 15 is 0 Å². The largest absolute Gasteiger partial charge is 0.479 e. The second-order valence-corrected chi connectivity index (χ2v) is 7.20. The molecule has 146 valence electrons. The van der Waals surface area contributed by atoms with Crippen molar-refractivity contribution < 1.29 is 19.5 Å². The van der Waals surface area contributed by atoms with E-state index in [9.17, 15) is 19.5 Å². The van der Waals surface area contributed by atoms with Crippen LogP contribution in [0.2, 0.25) is 0 Å². The van der Waals surface area contributed by atoms with Crippen LogP contribution in [-0.4, -0.2) is 34.3 Å². The van der Waals surface area contributed by atoms with Crippen LogP contribution in [0.1, 0.15) is 51.5 Å². The zero-order valence-corrected chi connectivity index (χ0v) is 16.1. The average molecular weight is 380 g/mol. The molecule has 6 heteroatoms. The molecule has 0 aliphatic carbocycles. The number of carbonyl (C=O) groups excluding carboxylic acids is 2. The first-order valence-electron chi connectivity index (χ1n) is 9.32. The van der Waals surface area contributed by atoms with Gasteiger partial charge in [-0.1, -0.05) is 30.3 Å². The fourth-order valence-corrected chi connectivity index (χ4v) is 3.30. The number of carboxylic acid groups (broad SMARTS) is 1. The van der Waals surface area contributed by atoms with Crippen molar-refractivity contribution >= 4 is 17.8 Å². The molecule has 0 radical (unpaired) electrons. The maximum atomic E-state index is 12.6. The van der Waals surface area contributed by atoms with Gasteiger partial charge in [-0.15, -0.1) is 0 Å². The molecule has 2 aromatic carbocycles. The highest BCUT2D eigenvalue weighted by Gasteiger charge is 2.23. The van der Waals surface area contributed by atoms with Crippen LogP contribution in [0, 0.1) is 13.8 Å². The summed E-state index contributed by atoms with van der Waals surface area (Å²) in [4.78, 5) is 37.8. The van der Waals surface area contributed by atoms with E-state index in [4.69, 9.17) is 0 Å². The van der Waals surface area contributed by atoms with E-state index in [0.29, 0.717) is 24.1 Å². The van der Waals surface area contributed by atoms with Crippen molar-refractivity contribution in [1.29, 1.82) is 0 Å². The Labute approximate surface area is 164 Å². The maximum absolute atomic E-state index is 12.6. The first-order chi connectivity index (χ1) is 13.3. The summed E-state index contributed by atoms with van der Waals surface area (Å²) in [5.74, 6) is -1.41. The molecule has 2 N–H and O–H groups in total. The quantitative estimate of drug-likeness (QED) is 0.807. The summed E-state index contributed by atoms with van der Waals surface area (Å²) in [6.45, 7) is 5.15. The molecule has 2 amide bonds. The molecule has 0 spiro atoms. The van der Waals surface area contributed by atoms with E-state index in [1.807, 2.05) is 19.9 Å². The van der Waals surface area contributed by atoms with Crippen LogP contribution < -0.4 is 5.32 Å². The molecule has 1 saturated heterocycles. The number of amides is 2. The van der Waals surface area contributed by atoms with Gasteiger partial charge in [0.1, 0.15) is 0 Å². The molecule has 1 unspecified atom stereocenters. The number of aryl methyl sites for hydroxylation is 2. The molecule has 28 heavy (non-hydrogen) atoms. The molecule has 2 aromatic rings. The highest BCUT2D eigenvalue weighted by atomic mass is 16.4. The minimum Gasteiger partial charge on any atom is -0.479 e. The third-order valence-electron chi connectivity index (χ3n) is 5.15. The van der Waals surface area contributed by atoms with E-state index in [0.717, 1.165) is 29.7 Å². The van der Waals surface area contributed by atoms with E-state index in [-0.39, 0.29) is 5.91 Å². The number of aliphatic carboxylic acids is 1. The smallest absolute Gasteiger partial charge is 0.330 e. The lowest BCUT2D eigenvalue weighted by molar-refractivity contribution is -0.139. The molecule has 0 aromatic heterocycles. The lowest BCUT2D eigenvalue weighted by Crippen LogP contribution is -2.33. The van der Waals surface area contributed by atoms with Gasteiger partial charge in [-0.25, -0.2) is 4.79 Å². The molecule has 1 aliphatic heterocycles. The Morgan fingerprint density at radius 3 is 2.39 bits per heavy atom. The van der Waals surface area contributed by atoms with Crippen LogP contribution >= 0.6 is 0 Å². The Morgan fingerprint density at radius 2 is 1.82 bits per heavy atom. The third kappa shape index (κ3) is 4.39. The van der Waals surface area contributed by atoms with Gasteiger partial charge >= 0.3 is 5.97 Å². The van der Waals surface area contributed by atoms with Gasteiger partial charge in [0.2, 0.25) is 5.91 Å². The minimum absolute atomic E-state index is 0.152. The van der Waals surface area contributed by atoms with Gasteiger partial charge in [0.05, 0.1) is 0 Å². The molecular formula is C22H24N2O4. The van der Waals surface area contributed by atoms with Crippen LogP contribution in [0.4, 0.5) is 0 Å². The van der Waals surface area contributed by atoms with Crippen molar-refractivity contribution in [2.24, 2.45) is 0 Å². The number of hydrogen-bond acceptors (Lipinski definition) is 3. The van der Waals surface area contributed by atoms with Crippen LogP contribution in [0.15, 0.2) is 42.5 Å². The highest BCUT2D eigenvalue weighted by molar-refractivity contribution is 5.96. The zero-order valence-electron chi connectivity index (χ0n) is 16.1. The van der Waals surface area contributed by atoms with Gasteiger partial charge in [0, 0.05) is 25.1 Å². The molecule has 1 fully saturated rings. The molecule has 1 aliphatic rings. The van der Waals surface area contributed by atoms with Gasteiger partial charge in [-0.2, -0.15) is 0 Å². The molecule has 3 rings (SSSR count). The van der Waals surface area contributed by atoms with Gasteiger partial charge in [0.15, 0.2) is 6.04 Å². The number of carbonyl (C=O) groups is 3. The van der Waals surface area contributed by atoms with Gasteiger partial charge in [0.25, 0.3) is 5.91 Å². The summed E-state index contributed by atoms with van der Waals surface area (Å²) >= 11 is 0. The van der Waals surface area contributed by atoms with Crippen molar-refractivity contribution in [3.05, 3.63) is 70.3 Å². The second-order valence-electron chi connectivity index (χ2n) is 7.20. The Kier molecular flexibility index (Phi) is 5.78. The predicted molar refractivity (Wildman–Crippen MR) is 105 cm³/mol. The molecule has 0 bridgehead atoms. The minimum atomic E-state index is -1.12. The van der Waals surface area contributed by atoms with E-state index in [1.54, 1.807) is 41.3 Å². The standard InChI is InChI=1S/C22H24N2O4/c1-14-5-8-18(12-15(14)2)20(22(27)28)23-21(26)17-9-6-16(7-10-17)13-24-11-3-4-19(24)25/h5-10,12,20H,3-4,11,13H2,1-2H3,(H,23,26)(H,27,28). The van der Waals surface area contributed by atoms with Crippen LogP contribution in [0.5, 0.6) is 0 Å². The summed E-state index contributed by atoms with van der Waals surface area (Å²) in [6, 6.07) is 11.1. The Morgan fingerprint density at radius 1 is 1.11 bits per heavy atom. The number of benzene rings is 2. The van der Waals surface area contributed by atoms with E-state index < -0.39 is 17.9 Å². The lowest BCUT2D eigenvalue weighted by Gasteiger charge is -2.17. The average Bonchev–Trinajstić information content (AvgIpc) is 3.07. The Hall–Kier alpha value is -3.15. The summed E-state index contributed by atoms with van der Waals surface area (Å²) < 4.78 is 0.